The van der Waals surface area contributed by atoms with E-state index in [0.29, 0.717) is 16.6 Å². The van der Waals surface area contributed by atoms with Crippen LogP contribution >= 0.6 is 11.6 Å². The first-order valence-corrected chi connectivity index (χ1v) is 4.52. The fourth-order valence-corrected chi connectivity index (χ4v) is 1.38. The average Bonchev–Trinajstić information content (AvgIpc) is 2.56. The van der Waals surface area contributed by atoms with Gasteiger partial charge < -0.3 is 10.2 Å². The van der Waals surface area contributed by atoms with Crippen LogP contribution in [0.3, 0.4) is 0 Å². The van der Waals surface area contributed by atoms with Gasteiger partial charge in [-0.2, -0.15) is 0 Å². The van der Waals surface area contributed by atoms with Gasteiger partial charge in [-0.1, -0.05) is 11.6 Å². The summed E-state index contributed by atoms with van der Waals surface area (Å²) in [5.74, 6) is 0.500. The number of nitrogen functional groups attached to an aromatic ring is 1. The van der Waals surface area contributed by atoms with Gasteiger partial charge in [-0.3, -0.25) is 0 Å². The van der Waals surface area contributed by atoms with Gasteiger partial charge in [0.25, 0.3) is 0 Å². The van der Waals surface area contributed by atoms with Crippen LogP contribution in [-0.4, -0.2) is 4.98 Å². The lowest BCUT2D eigenvalue weighted by atomic mass is 10.2. The summed E-state index contributed by atoms with van der Waals surface area (Å²) in [6.07, 6.45) is 1.58. The van der Waals surface area contributed by atoms with Crippen LogP contribution in [0.4, 0.5) is 5.69 Å². The predicted octanol–water partition coefficient (Wildman–Crippen LogP) is 2.89. The molecule has 0 amide bonds. The van der Waals surface area contributed by atoms with Crippen molar-refractivity contribution in [3.63, 3.8) is 0 Å². The number of benzene rings is 1. The van der Waals surface area contributed by atoms with Gasteiger partial charge in [-0.05, 0) is 25.1 Å². The van der Waals surface area contributed by atoms with Crippen molar-refractivity contribution in [1.29, 1.82) is 0 Å². The fraction of sp³-hybridized carbons (Fsp3) is 0.100. The molecule has 2 rings (SSSR count). The highest BCUT2D eigenvalue weighted by molar-refractivity contribution is 6.33. The summed E-state index contributed by atoms with van der Waals surface area (Å²) < 4.78 is 5.24. The number of nitrogens with two attached hydrogens (primary N) is 1. The molecule has 0 aliphatic rings. The maximum Gasteiger partial charge on any atom is 0.227 e. The molecule has 72 valence electrons. The van der Waals surface area contributed by atoms with Gasteiger partial charge in [0.1, 0.15) is 6.26 Å². The summed E-state index contributed by atoms with van der Waals surface area (Å²) in [7, 11) is 0. The smallest absolute Gasteiger partial charge is 0.227 e. The molecule has 2 N–H and O–H groups in total. The van der Waals surface area contributed by atoms with Crippen LogP contribution in [0.2, 0.25) is 5.02 Å². The number of rotatable bonds is 1. The van der Waals surface area contributed by atoms with Crippen LogP contribution < -0.4 is 5.73 Å². The Labute approximate surface area is 86.5 Å². The van der Waals surface area contributed by atoms with Crippen molar-refractivity contribution in [2.24, 2.45) is 0 Å². The van der Waals surface area contributed by atoms with E-state index in [2.05, 4.69) is 4.98 Å². The number of hydrogen-bond donors (Lipinski definition) is 1. The maximum absolute atomic E-state index is 5.98. The number of halogens is 1. The molecule has 0 saturated carbocycles. The number of nitrogens with zero attached hydrogens (tertiary/aromatic N) is 1. The van der Waals surface area contributed by atoms with Gasteiger partial charge in [0.05, 0.1) is 16.3 Å². The molecule has 1 aromatic carbocycles. The van der Waals surface area contributed by atoms with E-state index in [9.17, 15) is 0 Å². The summed E-state index contributed by atoms with van der Waals surface area (Å²) in [5.41, 5.74) is 7.82. The standard InChI is InChI=1S/C10H9ClN2O/c1-6-5-14-10(13-6)8-4-7(12)2-3-9(8)11/h2-5H,12H2,1H3. The van der Waals surface area contributed by atoms with Crippen molar-refractivity contribution in [2.45, 2.75) is 6.92 Å². The summed E-state index contributed by atoms with van der Waals surface area (Å²) >= 11 is 5.98. The van der Waals surface area contributed by atoms with E-state index in [1.165, 1.54) is 0 Å². The Kier molecular flexibility index (Phi) is 2.17. The van der Waals surface area contributed by atoms with E-state index in [0.717, 1.165) is 11.3 Å². The van der Waals surface area contributed by atoms with E-state index >= 15 is 0 Å². The number of oxazole rings is 1. The molecule has 14 heavy (non-hydrogen) atoms. The summed E-state index contributed by atoms with van der Waals surface area (Å²) in [6.45, 7) is 1.85. The van der Waals surface area contributed by atoms with Crippen molar-refractivity contribution < 1.29 is 4.42 Å². The molecule has 0 fully saturated rings. The van der Waals surface area contributed by atoms with Crippen molar-refractivity contribution in [3.05, 3.63) is 35.2 Å². The molecular formula is C10H9ClN2O. The summed E-state index contributed by atoms with van der Waals surface area (Å²) in [5, 5.41) is 0.584. The van der Waals surface area contributed by atoms with Crippen LogP contribution in [0.5, 0.6) is 0 Å². The minimum atomic E-state index is 0.500. The van der Waals surface area contributed by atoms with Crippen LogP contribution in [0.15, 0.2) is 28.9 Å². The van der Waals surface area contributed by atoms with Gasteiger partial charge in [-0.15, -0.1) is 0 Å². The molecule has 1 aromatic heterocycles. The van der Waals surface area contributed by atoms with E-state index in [-0.39, 0.29) is 0 Å². The van der Waals surface area contributed by atoms with Crippen LogP contribution in [0.1, 0.15) is 5.69 Å². The van der Waals surface area contributed by atoms with Crippen molar-refractivity contribution in [1.82, 2.24) is 4.98 Å². The zero-order chi connectivity index (χ0) is 10.1. The Morgan fingerprint density at radius 3 is 2.86 bits per heavy atom. The lowest BCUT2D eigenvalue weighted by Gasteiger charge is -2.00. The van der Waals surface area contributed by atoms with Crippen molar-refractivity contribution in [3.8, 4) is 11.5 Å². The first-order chi connectivity index (χ1) is 6.66. The summed E-state index contributed by atoms with van der Waals surface area (Å²) in [6, 6.07) is 5.21. The topological polar surface area (TPSA) is 52.0 Å². The quantitative estimate of drug-likeness (QED) is 0.734. The largest absolute Gasteiger partial charge is 0.444 e. The highest BCUT2D eigenvalue weighted by Gasteiger charge is 2.08. The first-order valence-electron chi connectivity index (χ1n) is 4.14. The van der Waals surface area contributed by atoms with Gasteiger partial charge in [0, 0.05) is 5.69 Å². The van der Waals surface area contributed by atoms with Crippen LogP contribution in [0, 0.1) is 6.92 Å². The molecule has 0 radical (unpaired) electrons. The predicted molar refractivity (Wildman–Crippen MR) is 56.1 cm³/mol. The van der Waals surface area contributed by atoms with E-state index < -0.39 is 0 Å². The zero-order valence-corrected chi connectivity index (χ0v) is 8.38. The molecule has 0 saturated heterocycles. The molecule has 0 unspecified atom stereocenters. The number of aryl methyl sites for hydroxylation is 1. The molecule has 0 aliphatic carbocycles. The Bertz CT molecular complexity index is 465. The van der Waals surface area contributed by atoms with E-state index in [4.69, 9.17) is 21.8 Å². The molecule has 2 aromatic rings. The zero-order valence-electron chi connectivity index (χ0n) is 7.62. The highest BCUT2D eigenvalue weighted by Crippen LogP contribution is 2.28. The lowest BCUT2D eigenvalue weighted by Crippen LogP contribution is -1.86. The summed E-state index contributed by atoms with van der Waals surface area (Å²) in [4.78, 5) is 4.18. The Hall–Kier alpha value is -1.48. The van der Waals surface area contributed by atoms with Crippen molar-refractivity contribution >= 4 is 17.3 Å². The third-order valence-corrected chi connectivity index (χ3v) is 2.17. The molecule has 4 heteroatoms. The molecular weight excluding hydrogens is 200 g/mol. The molecule has 3 nitrogen and oxygen atoms in total. The SMILES string of the molecule is Cc1coc(-c2cc(N)ccc2Cl)n1. The fourth-order valence-electron chi connectivity index (χ4n) is 1.18. The highest BCUT2D eigenvalue weighted by atomic mass is 35.5. The van der Waals surface area contributed by atoms with E-state index in [1.54, 1.807) is 24.5 Å². The lowest BCUT2D eigenvalue weighted by molar-refractivity contribution is 0.573. The minimum absolute atomic E-state index is 0.500. The molecule has 0 spiro atoms. The normalized spacial score (nSPS) is 10.4. The third kappa shape index (κ3) is 1.59. The molecule has 0 aliphatic heterocycles. The Morgan fingerprint density at radius 2 is 2.21 bits per heavy atom. The van der Waals surface area contributed by atoms with Gasteiger partial charge in [0.2, 0.25) is 5.89 Å². The number of aromatic nitrogens is 1. The number of hydrogen-bond acceptors (Lipinski definition) is 3. The average molecular weight is 209 g/mol. The monoisotopic (exact) mass is 208 g/mol. The first kappa shape index (κ1) is 9.09. The second-order valence-corrected chi connectivity index (χ2v) is 3.44. The maximum atomic E-state index is 5.98. The van der Waals surface area contributed by atoms with Crippen molar-refractivity contribution in [2.75, 3.05) is 5.73 Å². The van der Waals surface area contributed by atoms with Gasteiger partial charge >= 0.3 is 0 Å². The molecule has 0 bridgehead atoms. The molecule has 1 heterocycles. The Morgan fingerprint density at radius 1 is 1.43 bits per heavy atom. The van der Waals surface area contributed by atoms with Gasteiger partial charge in [0.15, 0.2) is 0 Å². The molecule has 0 atom stereocenters. The number of anilines is 1. The Balaban J connectivity index is 2.55. The minimum Gasteiger partial charge on any atom is -0.444 e. The second-order valence-electron chi connectivity index (χ2n) is 3.03. The third-order valence-electron chi connectivity index (χ3n) is 1.84. The van der Waals surface area contributed by atoms with Crippen LogP contribution in [-0.2, 0) is 0 Å². The second kappa shape index (κ2) is 3.35. The van der Waals surface area contributed by atoms with Crippen LogP contribution in [0.25, 0.3) is 11.5 Å². The van der Waals surface area contributed by atoms with Gasteiger partial charge in [-0.25, -0.2) is 4.98 Å². The van der Waals surface area contributed by atoms with E-state index in [1.807, 2.05) is 6.92 Å².